The predicted molar refractivity (Wildman–Crippen MR) is 63.4 cm³/mol. The van der Waals surface area contributed by atoms with Gasteiger partial charge in [0.1, 0.15) is 0 Å². The second kappa shape index (κ2) is 4.51. The van der Waals surface area contributed by atoms with E-state index in [1.54, 1.807) is 0 Å². The summed E-state index contributed by atoms with van der Waals surface area (Å²) < 4.78 is 0. The Morgan fingerprint density at radius 2 is 2.12 bits per heavy atom. The number of carboxylic acid groups (broad SMARTS) is 1. The molecule has 0 aliphatic carbocycles. The minimum atomic E-state index is -0.757. The highest BCUT2D eigenvalue weighted by Crippen LogP contribution is 2.42. The number of allylic oxidation sites excluding steroid dienone is 1. The lowest BCUT2D eigenvalue weighted by atomic mass is 9.89. The maximum absolute atomic E-state index is 12.2. The Morgan fingerprint density at radius 1 is 1.41 bits per heavy atom. The number of fused-ring (bicyclic) bond motifs is 2. The average molecular weight is 237 g/mol. The molecule has 2 rings (SSSR count). The molecule has 0 aromatic heterocycles. The van der Waals surface area contributed by atoms with Crippen LogP contribution in [0.4, 0.5) is 0 Å². The Labute approximate surface area is 101 Å². The first-order chi connectivity index (χ1) is 8.06. The van der Waals surface area contributed by atoms with Crippen molar-refractivity contribution in [1.29, 1.82) is 0 Å². The van der Waals surface area contributed by atoms with E-state index in [9.17, 15) is 9.59 Å². The smallest absolute Gasteiger partial charge is 0.308 e. The van der Waals surface area contributed by atoms with Crippen molar-refractivity contribution >= 4 is 11.9 Å². The number of aliphatic carboxylic acids is 1. The molecule has 1 amide bonds. The van der Waals surface area contributed by atoms with Crippen LogP contribution in [-0.2, 0) is 9.59 Å². The lowest BCUT2D eigenvalue weighted by Crippen LogP contribution is -2.38. The van der Waals surface area contributed by atoms with Crippen molar-refractivity contribution in [3.05, 3.63) is 11.6 Å². The average Bonchev–Trinajstić information content (AvgIpc) is 2.85. The van der Waals surface area contributed by atoms with Crippen LogP contribution in [0.15, 0.2) is 11.6 Å². The highest BCUT2D eigenvalue weighted by Gasteiger charge is 2.51. The fraction of sp³-hybridized carbons (Fsp3) is 0.692. The van der Waals surface area contributed by atoms with Crippen molar-refractivity contribution in [1.82, 2.24) is 4.90 Å². The topological polar surface area (TPSA) is 57.6 Å². The predicted octanol–water partition coefficient (Wildman–Crippen LogP) is 1.81. The van der Waals surface area contributed by atoms with E-state index in [4.69, 9.17) is 5.11 Å². The minimum absolute atomic E-state index is 0.0306. The Bertz CT molecular complexity index is 375. The van der Waals surface area contributed by atoms with Crippen molar-refractivity contribution in [2.45, 2.75) is 51.6 Å². The lowest BCUT2D eigenvalue weighted by Gasteiger charge is -2.23. The molecule has 2 fully saturated rings. The minimum Gasteiger partial charge on any atom is -0.481 e. The summed E-state index contributed by atoms with van der Waals surface area (Å²) in [7, 11) is 0. The number of amides is 1. The van der Waals surface area contributed by atoms with Crippen LogP contribution in [0, 0.1) is 5.92 Å². The van der Waals surface area contributed by atoms with Crippen molar-refractivity contribution in [3.8, 4) is 0 Å². The molecule has 4 nitrogen and oxygen atoms in total. The first-order valence-electron chi connectivity index (χ1n) is 6.28. The second-order valence-electron chi connectivity index (χ2n) is 4.99. The summed E-state index contributed by atoms with van der Waals surface area (Å²) in [6, 6.07) is 0.0685. The molecule has 2 aliphatic rings. The van der Waals surface area contributed by atoms with Gasteiger partial charge < -0.3 is 10.0 Å². The number of hydrogen-bond donors (Lipinski definition) is 1. The molecule has 0 radical (unpaired) electrons. The zero-order valence-electron chi connectivity index (χ0n) is 10.3. The van der Waals surface area contributed by atoms with Gasteiger partial charge in [-0.25, -0.2) is 0 Å². The molecule has 0 aromatic rings. The van der Waals surface area contributed by atoms with Gasteiger partial charge in [0.2, 0.25) is 5.91 Å². The van der Waals surface area contributed by atoms with Gasteiger partial charge in [-0.3, -0.25) is 9.59 Å². The molecule has 2 saturated heterocycles. The molecule has 0 saturated carbocycles. The van der Waals surface area contributed by atoms with Crippen molar-refractivity contribution in [2.24, 2.45) is 5.92 Å². The third kappa shape index (κ3) is 1.96. The molecular weight excluding hydrogens is 218 g/mol. The van der Waals surface area contributed by atoms with Gasteiger partial charge in [-0.1, -0.05) is 13.0 Å². The maximum Gasteiger partial charge on any atom is 0.308 e. The van der Waals surface area contributed by atoms with Gasteiger partial charge in [0.25, 0.3) is 0 Å². The molecule has 3 unspecified atom stereocenters. The third-order valence-corrected chi connectivity index (χ3v) is 3.94. The normalized spacial score (nSPS) is 32.0. The number of carboxylic acids is 1. The van der Waals surface area contributed by atoms with Crippen LogP contribution in [0.3, 0.4) is 0 Å². The van der Waals surface area contributed by atoms with Crippen LogP contribution in [0.5, 0.6) is 0 Å². The van der Waals surface area contributed by atoms with E-state index in [0.29, 0.717) is 6.42 Å². The second-order valence-corrected chi connectivity index (χ2v) is 4.99. The van der Waals surface area contributed by atoms with Gasteiger partial charge >= 0.3 is 5.97 Å². The van der Waals surface area contributed by atoms with Crippen LogP contribution in [0.1, 0.15) is 39.5 Å². The summed E-state index contributed by atoms with van der Waals surface area (Å²) in [5.74, 6) is -1.08. The van der Waals surface area contributed by atoms with Crippen molar-refractivity contribution < 1.29 is 14.7 Å². The first-order valence-corrected chi connectivity index (χ1v) is 6.28. The Morgan fingerprint density at radius 3 is 2.65 bits per heavy atom. The number of hydrogen-bond acceptors (Lipinski definition) is 2. The van der Waals surface area contributed by atoms with Crippen LogP contribution in [0.25, 0.3) is 0 Å². The molecule has 94 valence electrons. The summed E-state index contributed by atoms with van der Waals surface area (Å²) in [5.41, 5.74) is 0.746. The van der Waals surface area contributed by atoms with Gasteiger partial charge in [-0.2, -0.15) is 0 Å². The Hall–Kier alpha value is -1.32. The largest absolute Gasteiger partial charge is 0.481 e. The monoisotopic (exact) mass is 237 g/mol. The maximum atomic E-state index is 12.2. The summed E-state index contributed by atoms with van der Waals surface area (Å²) in [4.78, 5) is 25.2. The summed E-state index contributed by atoms with van der Waals surface area (Å²) in [6.07, 6.45) is 5.18. The first kappa shape index (κ1) is 12.1. The van der Waals surface area contributed by atoms with Crippen LogP contribution >= 0.6 is 0 Å². The number of nitrogens with zero attached hydrogens (tertiary/aromatic N) is 1. The number of carbonyl (C=O) groups excluding carboxylic acids is 1. The summed E-state index contributed by atoms with van der Waals surface area (Å²) >= 11 is 0. The van der Waals surface area contributed by atoms with E-state index in [-0.39, 0.29) is 23.9 Å². The standard InChI is InChI=1S/C13H19NO3/c1-3-4-8(2)12(15)14-9-5-6-11(14)10(7-9)13(16)17/h4,9-11H,3,5-7H2,1-2H3,(H,16,17). The van der Waals surface area contributed by atoms with E-state index >= 15 is 0 Å². The highest BCUT2D eigenvalue weighted by atomic mass is 16.4. The summed E-state index contributed by atoms with van der Waals surface area (Å²) in [5, 5.41) is 9.12. The molecule has 4 heteroatoms. The zero-order valence-corrected chi connectivity index (χ0v) is 10.3. The van der Waals surface area contributed by atoms with Gasteiger partial charge in [-0.15, -0.1) is 0 Å². The van der Waals surface area contributed by atoms with Crippen LogP contribution in [-0.4, -0.2) is 34.0 Å². The molecule has 0 spiro atoms. The fourth-order valence-electron chi connectivity index (χ4n) is 3.17. The van der Waals surface area contributed by atoms with Crippen LogP contribution < -0.4 is 0 Å². The SMILES string of the molecule is CCC=C(C)C(=O)N1C2CCC1C(C(=O)O)C2. The van der Waals surface area contributed by atoms with Crippen LogP contribution in [0.2, 0.25) is 0 Å². The van der Waals surface area contributed by atoms with Crippen molar-refractivity contribution in [3.63, 3.8) is 0 Å². The van der Waals surface area contributed by atoms with Crippen molar-refractivity contribution in [2.75, 3.05) is 0 Å². The van der Waals surface area contributed by atoms with E-state index in [0.717, 1.165) is 24.8 Å². The Kier molecular flexibility index (Phi) is 3.22. The fourth-order valence-corrected chi connectivity index (χ4v) is 3.17. The molecule has 2 heterocycles. The number of carbonyl (C=O) groups is 2. The third-order valence-electron chi connectivity index (χ3n) is 3.94. The molecule has 1 N–H and O–H groups in total. The molecule has 3 atom stereocenters. The molecule has 2 aliphatic heterocycles. The Balaban J connectivity index is 2.16. The van der Waals surface area contributed by atoms with Gasteiger partial charge in [-0.05, 0) is 32.6 Å². The van der Waals surface area contributed by atoms with E-state index in [1.807, 2.05) is 24.8 Å². The van der Waals surface area contributed by atoms with E-state index in [2.05, 4.69) is 0 Å². The summed E-state index contributed by atoms with van der Waals surface area (Å²) in [6.45, 7) is 3.81. The van der Waals surface area contributed by atoms with Gasteiger partial charge in [0, 0.05) is 17.7 Å². The number of rotatable bonds is 3. The molecule has 2 bridgehead atoms. The quantitative estimate of drug-likeness (QED) is 0.761. The highest BCUT2D eigenvalue weighted by molar-refractivity contribution is 5.94. The zero-order chi connectivity index (χ0) is 12.6. The molecular formula is C13H19NO3. The van der Waals surface area contributed by atoms with E-state index in [1.165, 1.54) is 0 Å². The van der Waals surface area contributed by atoms with Gasteiger partial charge in [0.15, 0.2) is 0 Å². The van der Waals surface area contributed by atoms with Gasteiger partial charge in [0.05, 0.1) is 5.92 Å². The molecule has 17 heavy (non-hydrogen) atoms. The van der Waals surface area contributed by atoms with E-state index < -0.39 is 5.97 Å². The molecule has 0 aromatic carbocycles. The lowest BCUT2D eigenvalue weighted by molar-refractivity contribution is -0.143.